The quantitative estimate of drug-likeness (QED) is 0.0469. The van der Waals surface area contributed by atoms with E-state index < -0.39 is 12.1 Å². The van der Waals surface area contributed by atoms with Crippen LogP contribution in [0.15, 0.2) is 36.5 Å². The molecule has 46 heavy (non-hydrogen) atoms. The first kappa shape index (κ1) is 44.6. The Balaban J connectivity index is 3.53. The molecule has 0 saturated heterocycles. The molecule has 4 nitrogen and oxygen atoms in total. The second-order valence-corrected chi connectivity index (χ2v) is 13.7. The summed E-state index contributed by atoms with van der Waals surface area (Å²) in [6, 6.07) is -0.639. The van der Waals surface area contributed by atoms with E-state index in [1.807, 2.05) is 6.08 Å². The lowest BCUT2D eigenvalue weighted by atomic mass is 10.0. The van der Waals surface area contributed by atoms with Crippen LogP contribution < -0.4 is 5.32 Å². The van der Waals surface area contributed by atoms with Gasteiger partial charge in [-0.1, -0.05) is 192 Å². The minimum atomic E-state index is -0.864. The van der Waals surface area contributed by atoms with Crippen molar-refractivity contribution in [3.8, 4) is 0 Å². The molecule has 1 amide bonds. The zero-order valence-electron chi connectivity index (χ0n) is 30.8. The van der Waals surface area contributed by atoms with Crippen LogP contribution in [0.25, 0.3) is 0 Å². The van der Waals surface area contributed by atoms with Gasteiger partial charge in [0.05, 0.1) is 18.8 Å². The van der Waals surface area contributed by atoms with Crippen LogP contribution >= 0.6 is 0 Å². The molecule has 2 unspecified atom stereocenters. The van der Waals surface area contributed by atoms with Crippen molar-refractivity contribution < 1.29 is 15.0 Å². The van der Waals surface area contributed by atoms with Gasteiger partial charge in [-0.25, -0.2) is 0 Å². The summed E-state index contributed by atoms with van der Waals surface area (Å²) >= 11 is 0. The summed E-state index contributed by atoms with van der Waals surface area (Å²) in [7, 11) is 0. The Morgan fingerprint density at radius 2 is 0.848 bits per heavy atom. The van der Waals surface area contributed by atoms with Crippen LogP contribution in [0.3, 0.4) is 0 Å². The Bertz CT molecular complexity index is 701. The average Bonchev–Trinajstić information content (AvgIpc) is 3.06. The van der Waals surface area contributed by atoms with Gasteiger partial charge in [0.2, 0.25) is 5.91 Å². The molecule has 0 rings (SSSR count). The molecule has 4 heteroatoms. The highest BCUT2D eigenvalue weighted by Gasteiger charge is 2.17. The van der Waals surface area contributed by atoms with Crippen LogP contribution in [0.2, 0.25) is 0 Å². The third kappa shape index (κ3) is 34.0. The van der Waals surface area contributed by atoms with Crippen LogP contribution in [0.1, 0.15) is 206 Å². The van der Waals surface area contributed by atoms with E-state index in [4.69, 9.17) is 0 Å². The summed E-state index contributed by atoms with van der Waals surface area (Å²) in [6.07, 6.45) is 50.0. The highest BCUT2D eigenvalue weighted by molar-refractivity contribution is 5.76. The number of hydrogen-bond donors (Lipinski definition) is 3. The van der Waals surface area contributed by atoms with E-state index in [1.165, 1.54) is 148 Å². The van der Waals surface area contributed by atoms with Crippen molar-refractivity contribution in [1.29, 1.82) is 0 Å². The lowest BCUT2D eigenvalue weighted by Crippen LogP contribution is -2.45. The number of carbonyl (C=O) groups excluding carboxylic acids is 1. The van der Waals surface area contributed by atoms with E-state index in [0.29, 0.717) is 6.42 Å². The fourth-order valence-corrected chi connectivity index (χ4v) is 5.97. The summed E-state index contributed by atoms with van der Waals surface area (Å²) in [5.41, 5.74) is 0. The van der Waals surface area contributed by atoms with Gasteiger partial charge in [0.15, 0.2) is 0 Å². The summed E-state index contributed by atoms with van der Waals surface area (Å²) in [4.78, 5) is 12.1. The molecular formula is C42H79NO3. The molecule has 270 valence electrons. The lowest BCUT2D eigenvalue weighted by molar-refractivity contribution is -0.123. The standard InChI is InChI=1S/C42H79NO3/c1-3-5-7-9-11-12-13-14-15-16-17-18-19-20-21-22-23-24-25-26-27-28-29-30-31-32-33-35-37-41(45)40(39-44)43-42(46)38-36-34-10-8-6-4-2/h26-27,30-31,35,37,40-41,44-45H,3-25,28-29,32-34,36,38-39H2,1-2H3,(H,43,46)/b27-26+,31-30+,37-35+. The van der Waals surface area contributed by atoms with Crippen LogP contribution in [0, 0.1) is 0 Å². The van der Waals surface area contributed by atoms with Gasteiger partial charge < -0.3 is 15.5 Å². The number of amides is 1. The molecule has 0 fully saturated rings. The van der Waals surface area contributed by atoms with Crippen LogP contribution in [-0.4, -0.2) is 34.9 Å². The highest BCUT2D eigenvalue weighted by Crippen LogP contribution is 2.15. The second kappa shape index (κ2) is 38.1. The maximum absolute atomic E-state index is 12.1. The minimum Gasteiger partial charge on any atom is -0.394 e. The third-order valence-corrected chi connectivity index (χ3v) is 9.10. The number of unbranched alkanes of at least 4 members (excludes halogenated alkanes) is 25. The largest absolute Gasteiger partial charge is 0.394 e. The zero-order valence-corrected chi connectivity index (χ0v) is 30.8. The van der Waals surface area contributed by atoms with E-state index >= 15 is 0 Å². The van der Waals surface area contributed by atoms with Crippen LogP contribution in [0.5, 0.6) is 0 Å². The molecule has 0 saturated carbocycles. The lowest BCUT2D eigenvalue weighted by Gasteiger charge is -2.19. The maximum atomic E-state index is 12.1. The Labute approximate surface area is 287 Å². The SMILES string of the molecule is CCCCCCCCCCCCCCCCCCCC/C=C/CC/C=C/CC/C=C/C(O)C(CO)NC(=O)CCCCCCCC. The number of aliphatic hydroxyl groups excluding tert-OH is 2. The first-order valence-corrected chi connectivity index (χ1v) is 20.2. The molecule has 2 atom stereocenters. The van der Waals surface area contributed by atoms with E-state index in [0.717, 1.165) is 38.5 Å². The molecule has 0 aliphatic heterocycles. The van der Waals surface area contributed by atoms with Crippen molar-refractivity contribution >= 4 is 5.91 Å². The fraction of sp³-hybridized carbons (Fsp3) is 0.833. The molecule has 3 N–H and O–H groups in total. The molecule has 0 spiro atoms. The van der Waals surface area contributed by atoms with Crippen molar-refractivity contribution in [2.75, 3.05) is 6.61 Å². The van der Waals surface area contributed by atoms with Crippen molar-refractivity contribution in [3.63, 3.8) is 0 Å². The second-order valence-electron chi connectivity index (χ2n) is 13.7. The Morgan fingerprint density at radius 1 is 0.500 bits per heavy atom. The van der Waals surface area contributed by atoms with Gasteiger partial charge in [-0.3, -0.25) is 4.79 Å². The summed E-state index contributed by atoms with van der Waals surface area (Å²) < 4.78 is 0. The first-order chi connectivity index (χ1) is 22.7. The monoisotopic (exact) mass is 646 g/mol. The van der Waals surface area contributed by atoms with Gasteiger partial charge in [0, 0.05) is 6.42 Å². The number of nitrogens with one attached hydrogen (secondary N) is 1. The normalized spacial score (nSPS) is 13.4. The number of aliphatic hydroxyl groups is 2. The summed E-state index contributed by atoms with van der Waals surface area (Å²) in [5, 5.41) is 22.7. The topological polar surface area (TPSA) is 69.6 Å². The third-order valence-electron chi connectivity index (χ3n) is 9.10. The number of rotatable bonds is 36. The summed E-state index contributed by atoms with van der Waals surface area (Å²) in [5.74, 6) is -0.0885. The van der Waals surface area contributed by atoms with Crippen molar-refractivity contribution in [3.05, 3.63) is 36.5 Å². The predicted octanol–water partition coefficient (Wildman–Crippen LogP) is 12.2. The first-order valence-electron chi connectivity index (χ1n) is 20.2. The van der Waals surface area contributed by atoms with Crippen molar-refractivity contribution in [2.24, 2.45) is 0 Å². The Hall–Kier alpha value is -1.39. The van der Waals surface area contributed by atoms with Gasteiger partial charge in [0.1, 0.15) is 0 Å². The van der Waals surface area contributed by atoms with Gasteiger partial charge in [-0.05, 0) is 44.9 Å². The summed E-state index contributed by atoms with van der Waals surface area (Å²) in [6.45, 7) is 4.23. The number of hydrogen-bond acceptors (Lipinski definition) is 3. The van der Waals surface area contributed by atoms with E-state index in [-0.39, 0.29) is 12.5 Å². The fourth-order valence-electron chi connectivity index (χ4n) is 5.97. The molecule has 0 aromatic carbocycles. The van der Waals surface area contributed by atoms with Crippen molar-refractivity contribution in [2.45, 2.75) is 219 Å². The zero-order chi connectivity index (χ0) is 33.6. The maximum Gasteiger partial charge on any atom is 0.220 e. The van der Waals surface area contributed by atoms with Crippen LogP contribution in [-0.2, 0) is 4.79 Å². The predicted molar refractivity (Wildman–Crippen MR) is 202 cm³/mol. The molecule has 0 radical (unpaired) electrons. The van der Waals surface area contributed by atoms with E-state index in [9.17, 15) is 15.0 Å². The average molecular weight is 646 g/mol. The minimum absolute atomic E-state index is 0.0885. The van der Waals surface area contributed by atoms with Crippen LogP contribution in [0.4, 0.5) is 0 Å². The van der Waals surface area contributed by atoms with E-state index in [1.54, 1.807) is 6.08 Å². The molecule has 0 aromatic rings. The van der Waals surface area contributed by atoms with Crippen molar-refractivity contribution in [1.82, 2.24) is 5.32 Å². The molecule has 0 aliphatic rings. The Kier molecular flexibility index (Phi) is 36.9. The van der Waals surface area contributed by atoms with Gasteiger partial charge in [-0.15, -0.1) is 0 Å². The molecule has 0 aromatic heterocycles. The smallest absolute Gasteiger partial charge is 0.220 e. The Morgan fingerprint density at radius 3 is 1.26 bits per heavy atom. The molecule has 0 heterocycles. The molecule has 0 aliphatic carbocycles. The highest BCUT2D eigenvalue weighted by atomic mass is 16.3. The van der Waals surface area contributed by atoms with Gasteiger partial charge >= 0.3 is 0 Å². The van der Waals surface area contributed by atoms with E-state index in [2.05, 4.69) is 43.5 Å². The number of carbonyl (C=O) groups is 1. The molecule has 0 bridgehead atoms. The number of allylic oxidation sites excluding steroid dienone is 5. The van der Waals surface area contributed by atoms with Gasteiger partial charge in [0.25, 0.3) is 0 Å². The van der Waals surface area contributed by atoms with Gasteiger partial charge in [-0.2, -0.15) is 0 Å². The molecular weight excluding hydrogens is 566 g/mol.